The van der Waals surface area contributed by atoms with Crippen molar-refractivity contribution in [2.24, 2.45) is 5.73 Å². The molecule has 3 amide bonds. The van der Waals surface area contributed by atoms with Gasteiger partial charge in [-0.3, -0.25) is 19.2 Å². The first-order valence-electron chi connectivity index (χ1n) is 10.0. The number of benzene rings is 1. The van der Waals surface area contributed by atoms with Crippen LogP contribution in [0.25, 0.3) is 0 Å². The Morgan fingerprint density at radius 2 is 1.50 bits per heavy atom. The molecule has 5 unspecified atom stereocenters. The molecule has 34 heavy (non-hydrogen) atoms. The van der Waals surface area contributed by atoms with Crippen molar-refractivity contribution in [1.82, 2.24) is 16.0 Å². The Morgan fingerprint density at radius 3 is 1.97 bits per heavy atom. The summed E-state index contributed by atoms with van der Waals surface area (Å²) in [5.74, 6) is -6.09. The molecule has 0 aliphatic carbocycles. The summed E-state index contributed by atoms with van der Waals surface area (Å²) >= 11 is 3.80. The number of rotatable bonds is 13. The number of carbonyl (C=O) groups is 5. The zero-order chi connectivity index (χ0) is 26.0. The fourth-order valence-electron chi connectivity index (χ4n) is 2.75. The van der Waals surface area contributed by atoms with Gasteiger partial charge < -0.3 is 42.1 Å². The molecule has 13 nitrogen and oxygen atoms in total. The number of amides is 3. The van der Waals surface area contributed by atoms with Gasteiger partial charge in [0.2, 0.25) is 17.7 Å². The van der Waals surface area contributed by atoms with Crippen molar-refractivity contribution < 1.29 is 44.4 Å². The minimum atomic E-state index is -1.65. The average molecular weight is 501 g/mol. The Morgan fingerprint density at radius 1 is 0.941 bits per heavy atom. The second kappa shape index (κ2) is 13.4. The number of phenolic OH excluding ortho intramolecular Hbond substituents is 1. The number of carbonyl (C=O) groups excluding carboxylic acids is 3. The van der Waals surface area contributed by atoms with Gasteiger partial charge in [-0.1, -0.05) is 12.1 Å². The van der Waals surface area contributed by atoms with Crippen LogP contribution in [0.4, 0.5) is 0 Å². The van der Waals surface area contributed by atoms with Crippen molar-refractivity contribution in [1.29, 1.82) is 0 Å². The molecule has 0 heterocycles. The number of phenols is 1. The number of aliphatic hydroxyl groups excluding tert-OH is 1. The molecule has 14 heteroatoms. The molecule has 0 saturated heterocycles. The van der Waals surface area contributed by atoms with Crippen LogP contribution >= 0.6 is 12.6 Å². The molecule has 0 aliphatic rings. The molecule has 188 valence electrons. The molecule has 0 saturated carbocycles. The lowest BCUT2D eigenvalue weighted by Gasteiger charge is -2.25. The van der Waals surface area contributed by atoms with Crippen LogP contribution < -0.4 is 21.7 Å². The first-order chi connectivity index (χ1) is 15.8. The molecule has 0 aliphatic heterocycles. The smallest absolute Gasteiger partial charge is 0.327 e. The predicted molar refractivity (Wildman–Crippen MR) is 121 cm³/mol. The lowest BCUT2D eigenvalue weighted by Crippen LogP contribution is -2.60. The van der Waals surface area contributed by atoms with Crippen LogP contribution in [0.2, 0.25) is 0 Å². The van der Waals surface area contributed by atoms with Crippen LogP contribution in [-0.2, 0) is 30.4 Å². The van der Waals surface area contributed by atoms with E-state index in [2.05, 4.69) is 28.6 Å². The maximum absolute atomic E-state index is 12.7. The number of aliphatic hydroxyl groups is 1. The minimum absolute atomic E-state index is 0.0145. The van der Waals surface area contributed by atoms with Crippen LogP contribution in [0.1, 0.15) is 18.9 Å². The van der Waals surface area contributed by atoms with E-state index in [-0.39, 0.29) is 17.9 Å². The highest BCUT2D eigenvalue weighted by atomic mass is 32.1. The third-order valence-electron chi connectivity index (χ3n) is 4.60. The molecule has 1 aromatic rings. The van der Waals surface area contributed by atoms with Gasteiger partial charge in [0.05, 0.1) is 18.6 Å². The predicted octanol–water partition coefficient (Wildman–Crippen LogP) is -2.41. The topological polar surface area (TPSA) is 228 Å². The molecule has 5 atom stereocenters. The average Bonchev–Trinajstić information content (AvgIpc) is 2.75. The largest absolute Gasteiger partial charge is 0.508 e. The van der Waals surface area contributed by atoms with Gasteiger partial charge in [0, 0.05) is 5.75 Å². The lowest BCUT2D eigenvalue weighted by atomic mass is 10.0. The van der Waals surface area contributed by atoms with Crippen LogP contribution in [0.3, 0.4) is 0 Å². The van der Waals surface area contributed by atoms with E-state index in [1.165, 1.54) is 24.3 Å². The fourth-order valence-corrected chi connectivity index (χ4v) is 2.99. The number of nitrogens with two attached hydrogens (primary N) is 1. The lowest BCUT2D eigenvalue weighted by molar-refractivity contribution is -0.143. The minimum Gasteiger partial charge on any atom is -0.508 e. The molecule has 0 radical (unpaired) electrons. The molecule has 9 N–H and O–H groups in total. The third kappa shape index (κ3) is 9.25. The van der Waals surface area contributed by atoms with E-state index < -0.39 is 66.4 Å². The third-order valence-corrected chi connectivity index (χ3v) is 4.97. The Hall–Kier alpha value is -3.36. The highest BCUT2D eigenvalue weighted by Gasteiger charge is 2.33. The van der Waals surface area contributed by atoms with Gasteiger partial charge in [-0.2, -0.15) is 12.6 Å². The van der Waals surface area contributed by atoms with Crippen molar-refractivity contribution in [2.45, 2.75) is 50.0 Å². The SMILES string of the molecule is CC(O)C(NC(=O)C(CC(=O)O)NC(=O)C(N)Cc1ccc(O)cc1)C(=O)NC(CS)C(=O)O. The summed E-state index contributed by atoms with van der Waals surface area (Å²) in [7, 11) is 0. The number of carboxylic acid groups (broad SMARTS) is 2. The van der Waals surface area contributed by atoms with E-state index in [9.17, 15) is 34.2 Å². The normalized spacial score (nSPS) is 15.2. The van der Waals surface area contributed by atoms with Crippen molar-refractivity contribution in [3.05, 3.63) is 29.8 Å². The zero-order valence-corrected chi connectivity index (χ0v) is 19.1. The van der Waals surface area contributed by atoms with E-state index in [0.717, 1.165) is 6.92 Å². The second-order valence-electron chi connectivity index (χ2n) is 7.44. The Bertz CT molecular complexity index is 895. The summed E-state index contributed by atoms with van der Waals surface area (Å²) in [6.45, 7) is 1.15. The van der Waals surface area contributed by atoms with Gasteiger partial charge in [-0.25, -0.2) is 4.79 Å². The van der Waals surface area contributed by atoms with E-state index in [1.807, 2.05) is 0 Å². The van der Waals surface area contributed by atoms with Gasteiger partial charge in [-0.15, -0.1) is 0 Å². The number of carboxylic acids is 2. The standard InChI is InChI=1S/C20H28N4O9S/c1-9(25)16(19(31)23-14(8-34)20(32)33)24-18(30)13(7-15(27)28)22-17(29)12(21)6-10-2-4-11(26)5-3-10/h2-5,9,12-14,16,25-26,34H,6-8,21H2,1H3,(H,22,29)(H,23,31)(H,24,30)(H,27,28)(H,32,33). The molecular formula is C20H28N4O9S. The van der Waals surface area contributed by atoms with Gasteiger partial charge in [0.25, 0.3) is 0 Å². The number of hydrogen-bond acceptors (Lipinski definition) is 9. The second-order valence-corrected chi connectivity index (χ2v) is 7.81. The van der Waals surface area contributed by atoms with Crippen LogP contribution in [0.5, 0.6) is 5.75 Å². The first kappa shape index (κ1) is 28.7. The molecule has 0 fully saturated rings. The van der Waals surface area contributed by atoms with E-state index in [1.54, 1.807) is 0 Å². The summed E-state index contributed by atoms with van der Waals surface area (Å²) in [5.41, 5.74) is 6.44. The number of aromatic hydroxyl groups is 1. The highest BCUT2D eigenvalue weighted by Crippen LogP contribution is 2.11. The number of hydrogen-bond donors (Lipinski definition) is 9. The summed E-state index contributed by atoms with van der Waals surface area (Å²) in [4.78, 5) is 59.8. The summed E-state index contributed by atoms with van der Waals surface area (Å²) in [6.07, 6.45) is -2.32. The Labute approximate surface area is 200 Å². The maximum atomic E-state index is 12.7. The van der Waals surface area contributed by atoms with Crippen LogP contribution in [0, 0.1) is 0 Å². The van der Waals surface area contributed by atoms with Gasteiger partial charge >= 0.3 is 11.9 Å². The van der Waals surface area contributed by atoms with Crippen LogP contribution in [0.15, 0.2) is 24.3 Å². The van der Waals surface area contributed by atoms with Crippen molar-refractivity contribution in [3.63, 3.8) is 0 Å². The highest BCUT2D eigenvalue weighted by molar-refractivity contribution is 7.80. The van der Waals surface area contributed by atoms with Crippen molar-refractivity contribution in [2.75, 3.05) is 5.75 Å². The first-order valence-corrected chi connectivity index (χ1v) is 10.7. The number of aliphatic carboxylic acids is 2. The number of nitrogens with one attached hydrogen (secondary N) is 3. The van der Waals surface area contributed by atoms with Crippen LogP contribution in [-0.4, -0.2) is 86.1 Å². The molecule has 0 aromatic heterocycles. The van der Waals surface area contributed by atoms with Crippen molar-refractivity contribution in [3.8, 4) is 5.75 Å². The Balaban J connectivity index is 2.91. The van der Waals surface area contributed by atoms with E-state index >= 15 is 0 Å². The summed E-state index contributed by atoms with van der Waals surface area (Å²) < 4.78 is 0. The maximum Gasteiger partial charge on any atom is 0.327 e. The van der Waals surface area contributed by atoms with Gasteiger partial charge in [0.15, 0.2) is 0 Å². The van der Waals surface area contributed by atoms with Crippen molar-refractivity contribution >= 4 is 42.3 Å². The van der Waals surface area contributed by atoms with E-state index in [0.29, 0.717) is 5.56 Å². The number of thiol groups is 1. The molecule has 0 spiro atoms. The Kier molecular flexibility index (Phi) is 11.3. The zero-order valence-electron chi connectivity index (χ0n) is 18.2. The quantitative estimate of drug-likeness (QED) is 0.130. The summed E-state index contributed by atoms with van der Waals surface area (Å²) in [5, 5.41) is 43.8. The summed E-state index contributed by atoms with van der Waals surface area (Å²) in [6, 6.07) is -0.0128. The molecule has 1 rings (SSSR count). The van der Waals surface area contributed by atoms with E-state index in [4.69, 9.17) is 15.9 Å². The molecular weight excluding hydrogens is 472 g/mol. The van der Waals surface area contributed by atoms with Gasteiger partial charge in [0.1, 0.15) is 23.9 Å². The monoisotopic (exact) mass is 500 g/mol. The molecule has 1 aromatic carbocycles. The molecule has 0 bridgehead atoms. The fraction of sp³-hybridized carbons (Fsp3) is 0.450. The van der Waals surface area contributed by atoms with Gasteiger partial charge in [-0.05, 0) is 31.0 Å².